The monoisotopic (exact) mass is 491 g/mol. The van der Waals surface area contributed by atoms with Crippen molar-refractivity contribution in [1.82, 2.24) is 14.9 Å². The van der Waals surface area contributed by atoms with E-state index in [1.54, 1.807) is 24.3 Å². The normalized spacial score (nSPS) is 17.2. The van der Waals surface area contributed by atoms with E-state index in [1.165, 1.54) is 4.90 Å². The molecule has 0 atom stereocenters. The first kappa shape index (κ1) is 25.9. The minimum absolute atomic E-state index is 0.0292. The first-order valence-corrected chi connectivity index (χ1v) is 13.0. The van der Waals surface area contributed by atoms with Crippen LogP contribution in [0.1, 0.15) is 75.3 Å². The maximum Gasteiger partial charge on any atom is 0.234 e. The van der Waals surface area contributed by atoms with E-state index in [0.717, 1.165) is 56.5 Å². The third-order valence-corrected chi connectivity index (χ3v) is 6.91. The number of hydrogen-bond donors (Lipinski definition) is 0. The van der Waals surface area contributed by atoms with Gasteiger partial charge in [0.1, 0.15) is 11.6 Å². The Morgan fingerprint density at radius 2 is 1.72 bits per heavy atom. The number of amides is 2. The standard InChI is InChI=1S/C28H37N5O3/c1-5-24-29-23(28(2,3)4)19-25(30-24)32-17-15-31(16-18-32)14-8-11-26(35)33-21-10-7-6-9-20(21)22(34)12-13-27(33)36/h6-7,9-10,19H,5,8,11-18H2,1-4H3. The van der Waals surface area contributed by atoms with Crippen LogP contribution in [0.2, 0.25) is 0 Å². The van der Waals surface area contributed by atoms with Crippen LogP contribution in [-0.2, 0) is 21.4 Å². The van der Waals surface area contributed by atoms with E-state index in [0.29, 0.717) is 17.7 Å². The number of carbonyl (C=O) groups excluding carboxylic acids is 3. The van der Waals surface area contributed by atoms with Crippen LogP contribution < -0.4 is 9.80 Å². The van der Waals surface area contributed by atoms with Gasteiger partial charge in [0.15, 0.2) is 5.78 Å². The van der Waals surface area contributed by atoms with Crippen molar-refractivity contribution in [2.24, 2.45) is 0 Å². The van der Waals surface area contributed by atoms with Crippen LogP contribution in [0.5, 0.6) is 0 Å². The second kappa shape index (κ2) is 10.9. The van der Waals surface area contributed by atoms with Gasteiger partial charge >= 0.3 is 0 Å². The molecule has 0 saturated carbocycles. The summed E-state index contributed by atoms with van der Waals surface area (Å²) < 4.78 is 0. The highest BCUT2D eigenvalue weighted by molar-refractivity contribution is 6.20. The molecule has 3 heterocycles. The van der Waals surface area contributed by atoms with Gasteiger partial charge in [0.2, 0.25) is 11.8 Å². The highest BCUT2D eigenvalue weighted by Gasteiger charge is 2.30. The molecule has 0 unspecified atom stereocenters. The minimum atomic E-state index is -0.294. The van der Waals surface area contributed by atoms with Crippen molar-refractivity contribution in [2.45, 2.75) is 65.2 Å². The highest BCUT2D eigenvalue weighted by atomic mass is 16.2. The van der Waals surface area contributed by atoms with Crippen molar-refractivity contribution in [1.29, 1.82) is 0 Å². The molecule has 0 radical (unpaired) electrons. The van der Waals surface area contributed by atoms with Crippen LogP contribution in [-0.4, -0.2) is 65.2 Å². The Kier molecular flexibility index (Phi) is 7.83. The van der Waals surface area contributed by atoms with Gasteiger partial charge in [-0.25, -0.2) is 14.9 Å². The predicted molar refractivity (Wildman–Crippen MR) is 140 cm³/mol. The van der Waals surface area contributed by atoms with Crippen LogP contribution in [0.3, 0.4) is 0 Å². The van der Waals surface area contributed by atoms with Gasteiger partial charge < -0.3 is 4.90 Å². The Morgan fingerprint density at radius 1 is 1.00 bits per heavy atom. The molecule has 0 bridgehead atoms. The Hall–Kier alpha value is -3.13. The molecule has 2 aliphatic rings. The maximum absolute atomic E-state index is 13.0. The number of anilines is 2. The Balaban J connectivity index is 1.32. The van der Waals surface area contributed by atoms with Crippen molar-refractivity contribution < 1.29 is 14.4 Å². The summed E-state index contributed by atoms with van der Waals surface area (Å²) in [6.45, 7) is 12.9. The second-order valence-corrected chi connectivity index (χ2v) is 10.6. The smallest absolute Gasteiger partial charge is 0.234 e. The number of ketones is 1. The fraction of sp³-hybridized carbons (Fsp3) is 0.536. The van der Waals surface area contributed by atoms with Crippen molar-refractivity contribution in [3.8, 4) is 0 Å². The number of para-hydroxylation sites is 1. The topological polar surface area (TPSA) is 86.7 Å². The number of rotatable bonds is 6. The summed E-state index contributed by atoms with van der Waals surface area (Å²) in [7, 11) is 0. The van der Waals surface area contributed by atoms with Gasteiger partial charge in [0.05, 0.1) is 11.4 Å². The molecule has 1 aromatic carbocycles. The molecule has 1 fully saturated rings. The lowest BCUT2D eigenvalue weighted by Gasteiger charge is -2.36. The summed E-state index contributed by atoms with van der Waals surface area (Å²) in [6.07, 6.45) is 1.97. The molecule has 4 rings (SSSR count). The number of aryl methyl sites for hydroxylation is 1. The average Bonchev–Trinajstić information content (AvgIpc) is 2.99. The van der Waals surface area contributed by atoms with E-state index < -0.39 is 0 Å². The summed E-state index contributed by atoms with van der Waals surface area (Å²) in [5.74, 6) is 1.26. The molecule has 2 aromatic rings. The van der Waals surface area contributed by atoms with Crippen molar-refractivity contribution >= 4 is 29.1 Å². The first-order valence-electron chi connectivity index (χ1n) is 13.0. The zero-order valence-corrected chi connectivity index (χ0v) is 21.9. The van der Waals surface area contributed by atoms with Crippen LogP contribution >= 0.6 is 0 Å². The summed E-state index contributed by atoms with van der Waals surface area (Å²) in [5.41, 5.74) is 1.92. The number of carbonyl (C=O) groups is 3. The Labute approximate surface area is 213 Å². The van der Waals surface area contributed by atoms with Gasteiger partial charge in [0.25, 0.3) is 0 Å². The zero-order chi connectivity index (χ0) is 25.9. The van der Waals surface area contributed by atoms with E-state index >= 15 is 0 Å². The van der Waals surface area contributed by atoms with Gasteiger partial charge in [-0.2, -0.15) is 0 Å². The predicted octanol–water partition coefficient (Wildman–Crippen LogP) is 3.78. The molecule has 0 spiro atoms. The van der Waals surface area contributed by atoms with E-state index in [9.17, 15) is 14.4 Å². The third-order valence-electron chi connectivity index (χ3n) is 6.91. The van der Waals surface area contributed by atoms with Crippen LogP contribution in [0.15, 0.2) is 30.3 Å². The van der Waals surface area contributed by atoms with Gasteiger partial charge in [0, 0.05) is 68.9 Å². The van der Waals surface area contributed by atoms with Gasteiger partial charge in [-0.3, -0.25) is 19.3 Å². The van der Waals surface area contributed by atoms with Crippen molar-refractivity contribution in [3.63, 3.8) is 0 Å². The number of aromatic nitrogens is 2. The zero-order valence-electron chi connectivity index (χ0n) is 21.9. The summed E-state index contributed by atoms with van der Waals surface area (Å²) >= 11 is 0. The Bertz CT molecular complexity index is 1130. The van der Waals surface area contributed by atoms with E-state index in [2.05, 4.69) is 43.6 Å². The molecule has 0 aliphatic carbocycles. The summed E-state index contributed by atoms with van der Waals surface area (Å²) in [5, 5.41) is 0. The molecule has 36 heavy (non-hydrogen) atoms. The van der Waals surface area contributed by atoms with Crippen molar-refractivity contribution in [2.75, 3.05) is 42.5 Å². The quantitative estimate of drug-likeness (QED) is 0.608. The van der Waals surface area contributed by atoms with Crippen LogP contribution in [0.25, 0.3) is 0 Å². The lowest BCUT2D eigenvalue weighted by molar-refractivity contribution is -0.126. The SMILES string of the molecule is CCc1nc(N2CCN(CCCC(=O)N3C(=O)CCC(=O)c4ccccc43)CC2)cc(C(C)(C)C)n1. The molecule has 8 heteroatoms. The molecular weight excluding hydrogens is 454 g/mol. The minimum Gasteiger partial charge on any atom is -0.354 e. The second-order valence-electron chi connectivity index (χ2n) is 10.6. The summed E-state index contributed by atoms with van der Waals surface area (Å²) in [4.78, 5) is 53.5. The maximum atomic E-state index is 13.0. The number of Topliss-reactive ketones (excluding diaryl/α,β-unsaturated/α-hetero) is 1. The highest BCUT2D eigenvalue weighted by Crippen LogP contribution is 2.28. The average molecular weight is 492 g/mol. The number of fused-ring (bicyclic) bond motifs is 1. The molecule has 192 valence electrons. The summed E-state index contributed by atoms with van der Waals surface area (Å²) in [6, 6.07) is 9.03. The number of nitrogens with zero attached hydrogens (tertiary/aromatic N) is 5. The number of imide groups is 1. The van der Waals surface area contributed by atoms with Gasteiger partial charge in [-0.05, 0) is 25.1 Å². The third kappa shape index (κ3) is 5.81. The number of benzene rings is 1. The number of hydrogen-bond acceptors (Lipinski definition) is 7. The number of piperazine rings is 1. The molecule has 2 aliphatic heterocycles. The van der Waals surface area contributed by atoms with E-state index in [4.69, 9.17) is 9.97 Å². The molecule has 0 N–H and O–H groups in total. The lowest BCUT2D eigenvalue weighted by Crippen LogP contribution is -2.47. The van der Waals surface area contributed by atoms with Crippen molar-refractivity contribution in [3.05, 3.63) is 47.4 Å². The van der Waals surface area contributed by atoms with Gasteiger partial charge in [-0.1, -0.05) is 39.8 Å². The van der Waals surface area contributed by atoms with Crippen LogP contribution in [0.4, 0.5) is 11.5 Å². The fourth-order valence-corrected chi connectivity index (χ4v) is 4.73. The molecule has 2 amide bonds. The van der Waals surface area contributed by atoms with E-state index in [-0.39, 0.29) is 42.3 Å². The Morgan fingerprint density at radius 3 is 2.42 bits per heavy atom. The molecular formula is C28H37N5O3. The van der Waals surface area contributed by atoms with E-state index in [1.807, 2.05) is 0 Å². The van der Waals surface area contributed by atoms with Crippen LogP contribution in [0, 0.1) is 0 Å². The molecule has 1 saturated heterocycles. The largest absolute Gasteiger partial charge is 0.354 e. The lowest BCUT2D eigenvalue weighted by atomic mass is 9.91. The fourth-order valence-electron chi connectivity index (χ4n) is 4.73. The first-order chi connectivity index (χ1) is 17.2. The molecule has 8 nitrogen and oxygen atoms in total. The molecule has 1 aromatic heterocycles. The van der Waals surface area contributed by atoms with Gasteiger partial charge in [-0.15, -0.1) is 0 Å².